The first-order valence-corrected chi connectivity index (χ1v) is 11.0. The van der Waals surface area contributed by atoms with Crippen LogP contribution in [0, 0.1) is 0 Å². The molecule has 5 rings (SSSR count). The van der Waals surface area contributed by atoms with Crippen molar-refractivity contribution in [1.29, 1.82) is 0 Å². The number of amides is 1. The van der Waals surface area contributed by atoms with Crippen molar-refractivity contribution < 1.29 is 9.21 Å². The third-order valence-electron chi connectivity index (χ3n) is 6.05. The van der Waals surface area contributed by atoms with Crippen molar-refractivity contribution in [3.8, 4) is 0 Å². The van der Waals surface area contributed by atoms with E-state index < -0.39 is 6.04 Å². The minimum absolute atomic E-state index is 0.142. The van der Waals surface area contributed by atoms with E-state index in [-0.39, 0.29) is 17.1 Å². The summed E-state index contributed by atoms with van der Waals surface area (Å²) in [6.45, 7) is 1.35. The van der Waals surface area contributed by atoms with Gasteiger partial charge in [-0.2, -0.15) is 0 Å². The first kappa shape index (κ1) is 20.7. The minimum Gasteiger partial charge on any atom is -0.450 e. The molecule has 1 aromatic heterocycles. The van der Waals surface area contributed by atoms with Crippen LogP contribution in [-0.2, 0) is 0 Å². The summed E-state index contributed by atoms with van der Waals surface area (Å²) >= 11 is 6.10. The van der Waals surface area contributed by atoms with E-state index in [1.54, 1.807) is 23.1 Å². The third kappa shape index (κ3) is 3.38. The van der Waals surface area contributed by atoms with E-state index in [0.29, 0.717) is 28.1 Å². The topological polar surface area (TPSA) is 53.8 Å². The van der Waals surface area contributed by atoms with Crippen LogP contribution < -0.4 is 5.43 Å². The zero-order chi connectivity index (χ0) is 22.4. The Kier molecular flexibility index (Phi) is 5.24. The van der Waals surface area contributed by atoms with Crippen LogP contribution in [0.2, 0.25) is 5.02 Å². The molecule has 5 nitrogen and oxygen atoms in total. The molecular formula is C26H23ClN2O3. The van der Waals surface area contributed by atoms with Gasteiger partial charge in [-0.3, -0.25) is 9.59 Å². The lowest BCUT2D eigenvalue weighted by atomic mass is 9.97. The highest BCUT2D eigenvalue weighted by Crippen LogP contribution is 2.39. The molecule has 0 saturated carbocycles. The highest BCUT2D eigenvalue weighted by atomic mass is 35.5. The van der Waals surface area contributed by atoms with Gasteiger partial charge in [-0.1, -0.05) is 54.1 Å². The average Bonchev–Trinajstić information content (AvgIpc) is 3.06. The van der Waals surface area contributed by atoms with Crippen LogP contribution in [0.5, 0.6) is 0 Å². The van der Waals surface area contributed by atoms with Crippen LogP contribution in [-0.4, -0.2) is 42.9 Å². The number of benzene rings is 3. The molecule has 162 valence electrons. The van der Waals surface area contributed by atoms with Crippen molar-refractivity contribution in [1.82, 2.24) is 9.80 Å². The molecule has 1 unspecified atom stereocenters. The second-order valence-electron chi connectivity index (χ2n) is 8.45. The van der Waals surface area contributed by atoms with E-state index in [4.69, 9.17) is 16.0 Å². The Balaban J connectivity index is 1.72. The van der Waals surface area contributed by atoms with Gasteiger partial charge in [-0.15, -0.1) is 0 Å². The van der Waals surface area contributed by atoms with Gasteiger partial charge < -0.3 is 14.2 Å². The standard InChI is InChI=1S/C26H23ClN2O3/c1-28(2)14-5-15-29-22(17-8-11-18(27)12-9-17)21-23(30)20-13-10-16-6-3-4-7-19(16)24(20)32-25(21)26(29)31/h3-4,6-13,22H,5,14-15H2,1-2H3. The molecule has 1 aliphatic rings. The Morgan fingerprint density at radius 3 is 2.47 bits per heavy atom. The van der Waals surface area contributed by atoms with E-state index >= 15 is 0 Å². The molecule has 3 aromatic carbocycles. The number of nitrogens with zero attached hydrogens (tertiary/aromatic N) is 2. The SMILES string of the molecule is CN(C)CCCN1C(=O)c2oc3c(ccc4ccccc43)c(=O)c2C1c1ccc(Cl)cc1. The zero-order valence-corrected chi connectivity index (χ0v) is 18.7. The zero-order valence-electron chi connectivity index (χ0n) is 18.0. The number of hydrogen-bond acceptors (Lipinski definition) is 4. The van der Waals surface area contributed by atoms with Gasteiger partial charge >= 0.3 is 0 Å². The van der Waals surface area contributed by atoms with Gasteiger partial charge in [0.1, 0.15) is 5.58 Å². The Hall–Kier alpha value is -3.15. The maximum Gasteiger partial charge on any atom is 0.290 e. The maximum absolute atomic E-state index is 13.7. The maximum atomic E-state index is 13.7. The normalized spacial score (nSPS) is 15.8. The minimum atomic E-state index is -0.496. The van der Waals surface area contributed by atoms with E-state index in [9.17, 15) is 9.59 Å². The molecule has 6 heteroatoms. The average molecular weight is 447 g/mol. The molecule has 1 atom stereocenters. The van der Waals surface area contributed by atoms with Crippen molar-refractivity contribution in [3.63, 3.8) is 0 Å². The van der Waals surface area contributed by atoms with Crippen LogP contribution in [0.3, 0.4) is 0 Å². The van der Waals surface area contributed by atoms with Crippen molar-refractivity contribution in [3.05, 3.63) is 92.8 Å². The summed E-state index contributed by atoms with van der Waals surface area (Å²) in [6.07, 6.45) is 0.785. The molecular weight excluding hydrogens is 424 g/mol. The third-order valence-corrected chi connectivity index (χ3v) is 6.30. The molecule has 4 aromatic rings. The fraction of sp³-hybridized carbons (Fsp3) is 0.231. The van der Waals surface area contributed by atoms with Crippen LogP contribution >= 0.6 is 11.6 Å². The highest BCUT2D eigenvalue weighted by Gasteiger charge is 2.42. The number of hydrogen-bond donors (Lipinski definition) is 0. The summed E-state index contributed by atoms with van der Waals surface area (Å²) in [5.74, 6) is -0.103. The molecule has 0 radical (unpaired) electrons. The van der Waals surface area contributed by atoms with Gasteiger partial charge in [0.15, 0.2) is 5.43 Å². The van der Waals surface area contributed by atoms with Crippen molar-refractivity contribution in [2.24, 2.45) is 0 Å². The lowest BCUT2D eigenvalue weighted by Gasteiger charge is -2.25. The van der Waals surface area contributed by atoms with Gasteiger partial charge in [0, 0.05) is 17.0 Å². The predicted octanol–water partition coefficient (Wildman–Crippen LogP) is 5.10. The van der Waals surface area contributed by atoms with Crippen LogP contribution in [0.1, 0.15) is 34.1 Å². The van der Waals surface area contributed by atoms with Crippen molar-refractivity contribution in [2.45, 2.75) is 12.5 Å². The van der Waals surface area contributed by atoms with Gasteiger partial charge in [0.25, 0.3) is 5.91 Å². The summed E-state index contributed by atoms with van der Waals surface area (Å²) in [5.41, 5.74) is 1.56. The van der Waals surface area contributed by atoms with Gasteiger partial charge in [0.05, 0.1) is 17.0 Å². The van der Waals surface area contributed by atoms with E-state index in [0.717, 1.165) is 29.3 Å². The number of halogens is 1. The van der Waals surface area contributed by atoms with Crippen LogP contribution in [0.4, 0.5) is 0 Å². The second-order valence-corrected chi connectivity index (χ2v) is 8.88. The van der Waals surface area contributed by atoms with Crippen molar-refractivity contribution in [2.75, 3.05) is 27.2 Å². The molecule has 0 fully saturated rings. The van der Waals surface area contributed by atoms with E-state index in [1.807, 2.05) is 56.6 Å². The summed E-state index contributed by atoms with van der Waals surface area (Å²) in [5, 5.41) is 2.89. The molecule has 2 heterocycles. The summed E-state index contributed by atoms with van der Waals surface area (Å²) in [4.78, 5) is 31.1. The lowest BCUT2D eigenvalue weighted by molar-refractivity contribution is 0.0722. The highest BCUT2D eigenvalue weighted by molar-refractivity contribution is 6.30. The van der Waals surface area contributed by atoms with Gasteiger partial charge in [-0.05, 0) is 56.2 Å². The Morgan fingerprint density at radius 2 is 1.72 bits per heavy atom. The van der Waals surface area contributed by atoms with Gasteiger partial charge in [-0.25, -0.2) is 0 Å². The first-order valence-electron chi connectivity index (χ1n) is 10.7. The molecule has 0 saturated heterocycles. The van der Waals surface area contributed by atoms with E-state index in [2.05, 4.69) is 4.90 Å². The summed E-state index contributed by atoms with van der Waals surface area (Å²) in [7, 11) is 4.00. The van der Waals surface area contributed by atoms with Crippen LogP contribution in [0.25, 0.3) is 21.7 Å². The summed E-state index contributed by atoms with van der Waals surface area (Å²) < 4.78 is 6.22. The summed E-state index contributed by atoms with van der Waals surface area (Å²) in [6, 6.07) is 18.3. The monoisotopic (exact) mass is 446 g/mol. The fourth-order valence-corrected chi connectivity index (χ4v) is 4.65. The lowest BCUT2D eigenvalue weighted by Crippen LogP contribution is -2.32. The number of carbonyl (C=O) groups is 1. The van der Waals surface area contributed by atoms with E-state index in [1.165, 1.54) is 0 Å². The molecule has 1 aliphatic heterocycles. The first-order chi connectivity index (χ1) is 15.5. The molecule has 32 heavy (non-hydrogen) atoms. The molecule has 1 amide bonds. The molecule has 0 bridgehead atoms. The fourth-order valence-electron chi connectivity index (χ4n) is 4.53. The Morgan fingerprint density at radius 1 is 0.969 bits per heavy atom. The largest absolute Gasteiger partial charge is 0.450 e. The molecule has 0 aliphatic carbocycles. The quantitative estimate of drug-likeness (QED) is 0.400. The number of fused-ring (bicyclic) bond motifs is 4. The Bertz CT molecular complexity index is 1390. The number of carbonyl (C=O) groups excluding carboxylic acids is 1. The van der Waals surface area contributed by atoms with Crippen molar-refractivity contribution >= 4 is 39.2 Å². The Labute approximate surface area is 190 Å². The molecule has 0 N–H and O–H groups in total. The smallest absolute Gasteiger partial charge is 0.290 e. The van der Waals surface area contributed by atoms with Crippen LogP contribution in [0.15, 0.2) is 69.9 Å². The second kappa shape index (κ2) is 8.08. The number of rotatable bonds is 5. The molecule has 0 spiro atoms. The van der Waals surface area contributed by atoms with Gasteiger partial charge in [0.2, 0.25) is 5.76 Å². The predicted molar refractivity (Wildman–Crippen MR) is 127 cm³/mol.